The zero-order chi connectivity index (χ0) is 15.8. The van der Waals surface area contributed by atoms with Gasteiger partial charge in [-0.2, -0.15) is 0 Å². The SMILES string of the molecule is COCCC(NC(=O)N(C)c1ccc(OC)cc1)C(=O)O. The average Bonchev–Trinajstić information content (AvgIpc) is 2.50. The van der Waals surface area contributed by atoms with Crippen LogP contribution < -0.4 is 15.0 Å². The summed E-state index contributed by atoms with van der Waals surface area (Å²) in [5, 5.41) is 11.5. The summed E-state index contributed by atoms with van der Waals surface area (Å²) in [5.74, 6) is -0.417. The fraction of sp³-hybridized carbons (Fsp3) is 0.429. The number of anilines is 1. The van der Waals surface area contributed by atoms with Crippen molar-refractivity contribution in [1.82, 2.24) is 5.32 Å². The summed E-state index contributed by atoms with van der Waals surface area (Å²) >= 11 is 0. The predicted octanol–water partition coefficient (Wildman–Crippen LogP) is 1.33. The highest BCUT2D eigenvalue weighted by Crippen LogP contribution is 2.18. The molecule has 116 valence electrons. The van der Waals surface area contributed by atoms with Crippen molar-refractivity contribution in [2.24, 2.45) is 0 Å². The van der Waals surface area contributed by atoms with E-state index in [1.165, 1.54) is 12.0 Å². The van der Waals surface area contributed by atoms with Gasteiger partial charge in [0.1, 0.15) is 11.8 Å². The van der Waals surface area contributed by atoms with E-state index in [0.717, 1.165) is 0 Å². The summed E-state index contributed by atoms with van der Waals surface area (Å²) in [4.78, 5) is 24.5. The molecular formula is C14H20N2O5. The summed E-state index contributed by atoms with van der Waals surface area (Å²) in [6, 6.07) is 5.38. The summed E-state index contributed by atoms with van der Waals surface area (Å²) in [6.07, 6.45) is 0.202. The van der Waals surface area contributed by atoms with Crippen LogP contribution in [0, 0.1) is 0 Å². The number of methoxy groups -OCH3 is 2. The fourth-order valence-electron chi connectivity index (χ4n) is 1.66. The molecule has 0 saturated carbocycles. The first-order chi connectivity index (χ1) is 9.99. The molecule has 0 aliphatic heterocycles. The molecule has 0 saturated heterocycles. The third-order valence-corrected chi connectivity index (χ3v) is 2.97. The van der Waals surface area contributed by atoms with Crippen molar-refractivity contribution in [2.45, 2.75) is 12.5 Å². The zero-order valence-electron chi connectivity index (χ0n) is 12.3. The number of hydrogen-bond acceptors (Lipinski definition) is 4. The standard InChI is InChI=1S/C14H20N2O5/c1-16(10-4-6-11(21-3)7-5-10)14(19)15-12(13(17)18)8-9-20-2/h4-7,12H,8-9H2,1-3H3,(H,15,19)(H,17,18). The van der Waals surface area contributed by atoms with Gasteiger partial charge in [0.2, 0.25) is 0 Å². The number of benzene rings is 1. The van der Waals surface area contributed by atoms with Crippen molar-refractivity contribution < 1.29 is 24.2 Å². The molecule has 1 rings (SSSR count). The number of rotatable bonds is 7. The number of urea groups is 1. The van der Waals surface area contributed by atoms with E-state index in [-0.39, 0.29) is 13.0 Å². The molecule has 7 nitrogen and oxygen atoms in total. The van der Waals surface area contributed by atoms with Crippen LogP contribution in [0.25, 0.3) is 0 Å². The number of carbonyl (C=O) groups excluding carboxylic acids is 1. The highest BCUT2D eigenvalue weighted by Gasteiger charge is 2.22. The summed E-state index contributed by atoms with van der Waals surface area (Å²) in [5.41, 5.74) is 0.629. The molecule has 1 aromatic rings. The summed E-state index contributed by atoms with van der Waals surface area (Å²) < 4.78 is 9.87. The van der Waals surface area contributed by atoms with Gasteiger partial charge in [-0.05, 0) is 24.3 Å². The zero-order valence-corrected chi connectivity index (χ0v) is 12.3. The Kier molecular flexibility index (Phi) is 6.48. The molecule has 0 radical (unpaired) electrons. The molecule has 2 N–H and O–H groups in total. The Labute approximate surface area is 123 Å². The van der Waals surface area contributed by atoms with Crippen LogP contribution in [0.1, 0.15) is 6.42 Å². The molecule has 0 heterocycles. The molecule has 0 aliphatic carbocycles. The van der Waals surface area contributed by atoms with Crippen molar-refractivity contribution in [3.63, 3.8) is 0 Å². The number of aliphatic carboxylic acids is 1. The number of amides is 2. The quantitative estimate of drug-likeness (QED) is 0.792. The topological polar surface area (TPSA) is 88.1 Å². The van der Waals surface area contributed by atoms with E-state index in [1.807, 2.05) is 0 Å². The third-order valence-electron chi connectivity index (χ3n) is 2.97. The van der Waals surface area contributed by atoms with Gasteiger partial charge in [0.05, 0.1) is 7.11 Å². The third kappa shape index (κ3) is 4.96. The van der Waals surface area contributed by atoms with Gasteiger partial charge in [-0.25, -0.2) is 9.59 Å². The summed E-state index contributed by atoms with van der Waals surface area (Å²) in [7, 11) is 4.59. The number of nitrogens with zero attached hydrogens (tertiary/aromatic N) is 1. The van der Waals surface area contributed by atoms with Gasteiger partial charge in [-0.1, -0.05) is 0 Å². The van der Waals surface area contributed by atoms with Crippen LogP contribution in [0.5, 0.6) is 5.75 Å². The number of ether oxygens (including phenoxy) is 2. The second-order valence-electron chi connectivity index (χ2n) is 4.38. The molecule has 0 aromatic heterocycles. The van der Waals surface area contributed by atoms with Gasteiger partial charge in [0, 0.05) is 32.9 Å². The van der Waals surface area contributed by atoms with Crippen LogP contribution in [0.4, 0.5) is 10.5 Å². The predicted molar refractivity (Wildman–Crippen MR) is 77.8 cm³/mol. The monoisotopic (exact) mass is 296 g/mol. The lowest BCUT2D eigenvalue weighted by molar-refractivity contribution is -0.139. The molecular weight excluding hydrogens is 276 g/mol. The van der Waals surface area contributed by atoms with E-state index in [0.29, 0.717) is 11.4 Å². The van der Waals surface area contributed by atoms with Gasteiger partial charge in [-0.3, -0.25) is 4.90 Å². The van der Waals surface area contributed by atoms with Gasteiger partial charge in [-0.15, -0.1) is 0 Å². The highest BCUT2D eigenvalue weighted by atomic mass is 16.5. The van der Waals surface area contributed by atoms with Crippen LogP contribution in [-0.2, 0) is 9.53 Å². The maximum atomic E-state index is 12.1. The molecule has 0 spiro atoms. The van der Waals surface area contributed by atoms with Gasteiger partial charge in [0.25, 0.3) is 0 Å². The maximum Gasteiger partial charge on any atom is 0.326 e. The van der Waals surface area contributed by atoms with Crippen molar-refractivity contribution in [2.75, 3.05) is 32.8 Å². The van der Waals surface area contributed by atoms with Crippen molar-refractivity contribution in [3.05, 3.63) is 24.3 Å². The second-order valence-corrected chi connectivity index (χ2v) is 4.38. The largest absolute Gasteiger partial charge is 0.497 e. The van der Waals surface area contributed by atoms with Crippen molar-refractivity contribution in [3.8, 4) is 5.75 Å². The van der Waals surface area contributed by atoms with Crippen LogP contribution >= 0.6 is 0 Å². The van der Waals surface area contributed by atoms with Gasteiger partial charge >= 0.3 is 12.0 Å². The van der Waals surface area contributed by atoms with E-state index in [2.05, 4.69) is 5.32 Å². The van der Waals surface area contributed by atoms with Crippen molar-refractivity contribution >= 4 is 17.7 Å². The lowest BCUT2D eigenvalue weighted by atomic mass is 10.2. The number of carbonyl (C=O) groups is 2. The maximum absolute atomic E-state index is 12.1. The van der Waals surface area contributed by atoms with Crippen molar-refractivity contribution in [1.29, 1.82) is 0 Å². The highest BCUT2D eigenvalue weighted by molar-refractivity contribution is 5.94. The minimum absolute atomic E-state index is 0.202. The first kappa shape index (κ1) is 16.8. The molecule has 0 aliphatic rings. The Morgan fingerprint density at radius 1 is 1.29 bits per heavy atom. The molecule has 21 heavy (non-hydrogen) atoms. The minimum Gasteiger partial charge on any atom is -0.497 e. The molecule has 1 unspecified atom stereocenters. The van der Waals surface area contributed by atoms with E-state index in [1.54, 1.807) is 38.4 Å². The fourth-order valence-corrected chi connectivity index (χ4v) is 1.66. The number of carboxylic acids is 1. The Morgan fingerprint density at radius 3 is 2.38 bits per heavy atom. The van der Waals surface area contributed by atoms with E-state index in [4.69, 9.17) is 14.6 Å². The molecule has 1 aromatic carbocycles. The molecule has 0 bridgehead atoms. The smallest absolute Gasteiger partial charge is 0.326 e. The van der Waals surface area contributed by atoms with Crippen LogP contribution in [0.2, 0.25) is 0 Å². The molecule has 0 fully saturated rings. The lowest BCUT2D eigenvalue weighted by Crippen LogP contribution is -2.47. The average molecular weight is 296 g/mol. The Morgan fingerprint density at radius 2 is 1.90 bits per heavy atom. The van der Waals surface area contributed by atoms with E-state index < -0.39 is 18.0 Å². The molecule has 2 amide bonds. The lowest BCUT2D eigenvalue weighted by Gasteiger charge is -2.21. The number of hydrogen-bond donors (Lipinski definition) is 2. The number of nitrogens with one attached hydrogen (secondary N) is 1. The molecule has 7 heteroatoms. The Hall–Kier alpha value is -2.28. The van der Waals surface area contributed by atoms with E-state index in [9.17, 15) is 9.59 Å². The van der Waals surface area contributed by atoms with Crippen LogP contribution in [-0.4, -0.2) is 51.0 Å². The van der Waals surface area contributed by atoms with Gasteiger partial charge in [0.15, 0.2) is 0 Å². The second kappa shape index (κ2) is 8.11. The first-order valence-corrected chi connectivity index (χ1v) is 6.39. The van der Waals surface area contributed by atoms with Gasteiger partial charge < -0.3 is 19.9 Å². The Balaban J connectivity index is 2.69. The van der Waals surface area contributed by atoms with E-state index >= 15 is 0 Å². The minimum atomic E-state index is -1.09. The van der Waals surface area contributed by atoms with Crippen LogP contribution in [0.15, 0.2) is 24.3 Å². The number of carboxylic acid groups (broad SMARTS) is 1. The normalized spacial score (nSPS) is 11.6. The molecule has 1 atom stereocenters. The first-order valence-electron chi connectivity index (χ1n) is 6.39. The summed E-state index contributed by atoms with van der Waals surface area (Å²) in [6.45, 7) is 0.253. The van der Waals surface area contributed by atoms with Crippen LogP contribution in [0.3, 0.4) is 0 Å². The Bertz CT molecular complexity index is 475.